The number of amides is 1. The topological polar surface area (TPSA) is 131 Å². The molecule has 0 aliphatic rings. The predicted octanol–water partition coefficient (Wildman–Crippen LogP) is 0.340. The molecule has 0 atom stereocenters. The minimum atomic E-state index is -0.759. The Labute approximate surface area is 96.4 Å². The number of benzene rings is 1. The van der Waals surface area contributed by atoms with Crippen LogP contribution in [-0.2, 0) is 4.79 Å². The zero-order valence-corrected chi connectivity index (χ0v) is 8.51. The van der Waals surface area contributed by atoms with Gasteiger partial charge in [0, 0.05) is 17.7 Å². The van der Waals surface area contributed by atoms with E-state index in [0.29, 0.717) is 0 Å². The maximum atomic E-state index is 10.6. The van der Waals surface area contributed by atoms with Crippen LogP contribution in [0.4, 0.5) is 0 Å². The van der Waals surface area contributed by atoms with E-state index in [1.165, 1.54) is 0 Å². The molecular formula is C11H7N3O3. The van der Waals surface area contributed by atoms with Crippen molar-refractivity contribution in [3.05, 3.63) is 28.8 Å². The highest BCUT2D eigenvalue weighted by atomic mass is 16.3. The van der Waals surface area contributed by atoms with Crippen molar-refractivity contribution in [2.24, 2.45) is 5.73 Å². The summed E-state index contributed by atoms with van der Waals surface area (Å²) in [5.41, 5.74) is 4.58. The zero-order valence-electron chi connectivity index (χ0n) is 8.51. The summed E-state index contributed by atoms with van der Waals surface area (Å²) >= 11 is 0. The molecule has 0 saturated heterocycles. The molecule has 1 aromatic rings. The van der Waals surface area contributed by atoms with Crippen molar-refractivity contribution >= 4 is 12.0 Å². The van der Waals surface area contributed by atoms with Crippen LogP contribution in [0.3, 0.4) is 0 Å². The van der Waals surface area contributed by atoms with Gasteiger partial charge < -0.3 is 15.9 Å². The Balaban J connectivity index is 3.57. The molecule has 6 heteroatoms. The number of hydrogen-bond donors (Lipinski definition) is 3. The zero-order chi connectivity index (χ0) is 13.0. The van der Waals surface area contributed by atoms with Gasteiger partial charge in [-0.15, -0.1) is 0 Å². The number of phenols is 2. The second kappa shape index (κ2) is 4.69. The highest BCUT2D eigenvalue weighted by molar-refractivity contribution is 5.91. The smallest absolute Gasteiger partial charge is 0.241 e. The molecule has 0 aliphatic carbocycles. The molecule has 1 amide bonds. The van der Waals surface area contributed by atoms with Crippen molar-refractivity contribution in [3.8, 4) is 23.6 Å². The molecule has 0 fully saturated rings. The van der Waals surface area contributed by atoms with E-state index in [1.54, 1.807) is 12.1 Å². The van der Waals surface area contributed by atoms with Gasteiger partial charge in [0.25, 0.3) is 0 Å². The fourth-order valence-corrected chi connectivity index (χ4v) is 1.22. The molecule has 1 aromatic carbocycles. The van der Waals surface area contributed by atoms with E-state index in [2.05, 4.69) is 0 Å². The standard InChI is InChI=1S/C11H7N3O3/c12-4-6-3-9(15)11(17)8(5-13)7(6)1-2-10(14)16/h1-3,15,17H,(H2,14,16)/b2-1+. The number of carbonyl (C=O) groups excluding carboxylic acids is 1. The van der Waals surface area contributed by atoms with Crippen LogP contribution in [0.25, 0.3) is 6.08 Å². The molecule has 0 saturated carbocycles. The summed E-state index contributed by atoms with van der Waals surface area (Å²) in [6.45, 7) is 0. The van der Waals surface area contributed by atoms with Crippen LogP contribution >= 0.6 is 0 Å². The van der Waals surface area contributed by atoms with E-state index in [1.807, 2.05) is 0 Å². The molecule has 17 heavy (non-hydrogen) atoms. The van der Waals surface area contributed by atoms with Gasteiger partial charge in [-0.2, -0.15) is 10.5 Å². The van der Waals surface area contributed by atoms with Crippen LogP contribution in [-0.4, -0.2) is 16.1 Å². The first-order valence-corrected chi connectivity index (χ1v) is 4.38. The number of primary amides is 1. The van der Waals surface area contributed by atoms with Crippen LogP contribution < -0.4 is 5.73 Å². The van der Waals surface area contributed by atoms with Crippen LogP contribution in [0.2, 0.25) is 0 Å². The van der Waals surface area contributed by atoms with Gasteiger partial charge in [-0.1, -0.05) is 0 Å². The molecule has 0 aromatic heterocycles. The summed E-state index contributed by atoms with van der Waals surface area (Å²) < 4.78 is 0. The normalized spacial score (nSPS) is 9.76. The Morgan fingerprint density at radius 1 is 1.35 bits per heavy atom. The second-order valence-electron chi connectivity index (χ2n) is 3.04. The van der Waals surface area contributed by atoms with Gasteiger partial charge in [-0.05, 0) is 6.08 Å². The lowest BCUT2D eigenvalue weighted by molar-refractivity contribution is -0.113. The molecule has 84 valence electrons. The van der Waals surface area contributed by atoms with E-state index in [0.717, 1.165) is 18.2 Å². The van der Waals surface area contributed by atoms with Gasteiger partial charge in [0.15, 0.2) is 11.5 Å². The van der Waals surface area contributed by atoms with Crippen molar-refractivity contribution in [1.82, 2.24) is 0 Å². The Morgan fingerprint density at radius 2 is 2.00 bits per heavy atom. The van der Waals surface area contributed by atoms with Crippen molar-refractivity contribution in [3.63, 3.8) is 0 Å². The molecule has 6 nitrogen and oxygen atoms in total. The largest absolute Gasteiger partial charge is 0.504 e. The fraction of sp³-hybridized carbons (Fsp3) is 0. The number of aromatic hydroxyl groups is 2. The number of nitrogens with two attached hydrogens (primary N) is 1. The molecule has 0 aliphatic heterocycles. The Bertz CT molecular complexity index is 591. The van der Waals surface area contributed by atoms with Crippen molar-refractivity contribution < 1.29 is 15.0 Å². The van der Waals surface area contributed by atoms with Gasteiger partial charge in [0.05, 0.1) is 11.6 Å². The van der Waals surface area contributed by atoms with E-state index < -0.39 is 17.4 Å². The van der Waals surface area contributed by atoms with Gasteiger partial charge in [-0.25, -0.2) is 0 Å². The Morgan fingerprint density at radius 3 is 2.47 bits per heavy atom. The van der Waals surface area contributed by atoms with Gasteiger partial charge in [0.1, 0.15) is 11.6 Å². The van der Waals surface area contributed by atoms with Crippen LogP contribution in [0.15, 0.2) is 12.1 Å². The molecule has 0 radical (unpaired) electrons. The molecule has 0 unspecified atom stereocenters. The summed E-state index contributed by atoms with van der Waals surface area (Å²) in [7, 11) is 0. The lowest BCUT2D eigenvalue weighted by atomic mass is 10.00. The molecule has 0 bridgehead atoms. The number of nitrogens with zero attached hydrogens (tertiary/aromatic N) is 2. The molecule has 0 heterocycles. The maximum absolute atomic E-state index is 10.6. The van der Waals surface area contributed by atoms with E-state index in [4.69, 9.17) is 16.3 Å². The number of carbonyl (C=O) groups is 1. The van der Waals surface area contributed by atoms with E-state index in [9.17, 15) is 15.0 Å². The molecule has 0 spiro atoms. The minimum Gasteiger partial charge on any atom is -0.504 e. The average Bonchev–Trinajstić information content (AvgIpc) is 2.29. The molecule has 4 N–H and O–H groups in total. The first kappa shape index (κ1) is 12.1. The third-order valence-electron chi connectivity index (χ3n) is 1.97. The highest BCUT2D eigenvalue weighted by Crippen LogP contribution is 2.34. The number of hydrogen-bond acceptors (Lipinski definition) is 5. The van der Waals surface area contributed by atoms with E-state index in [-0.39, 0.29) is 16.7 Å². The third kappa shape index (κ3) is 2.33. The number of nitriles is 2. The van der Waals surface area contributed by atoms with Crippen molar-refractivity contribution in [2.75, 3.05) is 0 Å². The lowest BCUT2D eigenvalue weighted by Crippen LogP contribution is -2.05. The Hall–Kier alpha value is -2.99. The molecule has 1 rings (SSSR count). The highest BCUT2D eigenvalue weighted by Gasteiger charge is 2.15. The summed E-state index contributed by atoms with van der Waals surface area (Å²) in [5, 5.41) is 36.4. The summed E-state index contributed by atoms with van der Waals surface area (Å²) in [6, 6.07) is 4.37. The summed E-state index contributed by atoms with van der Waals surface area (Å²) in [4.78, 5) is 10.6. The number of phenolic OH excluding ortho intramolecular Hbond substituents is 2. The average molecular weight is 229 g/mol. The maximum Gasteiger partial charge on any atom is 0.241 e. The van der Waals surface area contributed by atoms with Gasteiger partial charge >= 0.3 is 0 Å². The summed E-state index contributed by atoms with van der Waals surface area (Å²) in [6.07, 6.45) is 2.09. The van der Waals surface area contributed by atoms with Crippen molar-refractivity contribution in [1.29, 1.82) is 10.5 Å². The van der Waals surface area contributed by atoms with Crippen LogP contribution in [0.5, 0.6) is 11.5 Å². The monoisotopic (exact) mass is 229 g/mol. The number of rotatable bonds is 2. The summed E-state index contributed by atoms with van der Waals surface area (Å²) in [5.74, 6) is -1.98. The SMILES string of the molecule is N#Cc1cc(O)c(O)c(C#N)c1/C=C/C(N)=O. The Kier molecular flexibility index (Phi) is 3.33. The molecular weight excluding hydrogens is 222 g/mol. The quantitative estimate of drug-likeness (QED) is 0.497. The lowest BCUT2D eigenvalue weighted by Gasteiger charge is -2.05. The van der Waals surface area contributed by atoms with Crippen molar-refractivity contribution in [2.45, 2.75) is 0 Å². The van der Waals surface area contributed by atoms with Crippen LogP contribution in [0.1, 0.15) is 16.7 Å². The van der Waals surface area contributed by atoms with Gasteiger partial charge in [-0.3, -0.25) is 4.79 Å². The fourth-order valence-electron chi connectivity index (χ4n) is 1.22. The predicted molar refractivity (Wildman–Crippen MR) is 57.4 cm³/mol. The van der Waals surface area contributed by atoms with Gasteiger partial charge in [0.2, 0.25) is 5.91 Å². The van der Waals surface area contributed by atoms with E-state index >= 15 is 0 Å². The first-order chi connectivity index (χ1) is 8.01. The second-order valence-corrected chi connectivity index (χ2v) is 3.04. The third-order valence-corrected chi connectivity index (χ3v) is 1.97. The van der Waals surface area contributed by atoms with Crippen LogP contribution in [0, 0.1) is 22.7 Å². The minimum absolute atomic E-state index is 0.0316. The first-order valence-electron chi connectivity index (χ1n) is 4.38.